The van der Waals surface area contributed by atoms with Crippen LogP contribution in [0.1, 0.15) is 17.0 Å². The normalized spacial score (nSPS) is 10.5. The number of H-pyrrole nitrogens is 1. The lowest BCUT2D eigenvalue weighted by molar-refractivity contribution is 0.625. The van der Waals surface area contributed by atoms with Crippen molar-refractivity contribution >= 4 is 0 Å². The van der Waals surface area contributed by atoms with Gasteiger partial charge in [-0.15, -0.1) is 0 Å². The van der Waals surface area contributed by atoms with Crippen LogP contribution in [0.4, 0.5) is 4.39 Å². The minimum Gasteiger partial charge on any atom is -0.326 e. The molecule has 0 fully saturated rings. The fraction of sp³-hybridized carbons (Fsp3) is 0.167. The van der Waals surface area contributed by atoms with Crippen molar-refractivity contribution in [2.45, 2.75) is 13.0 Å². The van der Waals surface area contributed by atoms with Crippen LogP contribution < -0.4 is 11.3 Å². The van der Waals surface area contributed by atoms with E-state index in [4.69, 9.17) is 5.73 Å². The van der Waals surface area contributed by atoms with Gasteiger partial charge in [0.1, 0.15) is 11.6 Å². The summed E-state index contributed by atoms with van der Waals surface area (Å²) in [6.45, 7) is 0.155. The van der Waals surface area contributed by atoms with E-state index in [1.54, 1.807) is 12.1 Å². The highest BCUT2D eigenvalue weighted by Crippen LogP contribution is 2.06. The van der Waals surface area contributed by atoms with Gasteiger partial charge in [-0.05, 0) is 17.7 Å². The highest BCUT2D eigenvalue weighted by molar-refractivity contribution is 5.20. The van der Waals surface area contributed by atoms with E-state index in [2.05, 4.69) is 9.97 Å². The highest BCUT2D eigenvalue weighted by Gasteiger charge is 2.03. The fourth-order valence-corrected chi connectivity index (χ4v) is 1.53. The number of aromatic amines is 1. The first kappa shape index (κ1) is 11.5. The maximum atomic E-state index is 13.0. The molecular formula is C12H12FN3O. The molecular weight excluding hydrogens is 221 g/mol. The second kappa shape index (κ2) is 4.88. The minimum absolute atomic E-state index is 0.155. The fourth-order valence-electron chi connectivity index (χ4n) is 1.53. The number of nitrogens with two attached hydrogens (primary N) is 1. The predicted octanol–water partition coefficient (Wildman–Crippen LogP) is 0.958. The lowest BCUT2D eigenvalue weighted by Gasteiger charge is -2.02. The first-order valence-corrected chi connectivity index (χ1v) is 5.20. The van der Waals surface area contributed by atoms with Gasteiger partial charge in [-0.1, -0.05) is 12.1 Å². The molecule has 2 rings (SSSR count). The summed E-state index contributed by atoms with van der Waals surface area (Å²) < 4.78 is 13.0. The van der Waals surface area contributed by atoms with Gasteiger partial charge in [-0.25, -0.2) is 9.37 Å². The molecule has 0 spiro atoms. The van der Waals surface area contributed by atoms with Crippen LogP contribution in [-0.4, -0.2) is 9.97 Å². The molecule has 0 atom stereocenters. The lowest BCUT2D eigenvalue weighted by Crippen LogP contribution is -2.18. The molecule has 88 valence electrons. The Labute approximate surface area is 97.3 Å². The van der Waals surface area contributed by atoms with Gasteiger partial charge in [0, 0.05) is 24.7 Å². The van der Waals surface area contributed by atoms with Crippen LogP contribution in [0.3, 0.4) is 0 Å². The molecule has 0 saturated heterocycles. The number of hydrogen-bond acceptors (Lipinski definition) is 3. The van der Waals surface area contributed by atoms with Gasteiger partial charge in [0.05, 0.1) is 0 Å². The smallest absolute Gasteiger partial charge is 0.255 e. The van der Waals surface area contributed by atoms with Gasteiger partial charge in [0.2, 0.25) is 0 Å². The molecule has 0 aliphatic carbocycles. The summed E-state index contributed by atoms with van der Waals surface area (Å²) in [5.74, 6) is 0.196. The van der Waals surface area contributed by atoms with Crippen LogP contribution in [0, 0.1) is 5.82 Å². The average Bonchev–Trinajstić information content (AvgIpc) is 2.29. The molecule has 0 aliphatic heterocycles. The molecule has 0 radical (unpaired) electrons. The van der Waals surface area contributed by atoms with E-state index in [9.17, 15) is 9.18 Å². The molecule has 0 aliphatic rings. The maximum absolute atomic E-state index is 13.0. The van der Waals surface area contributed by atoms with E-state index in [0.29, 0.717) is 17.8 Å². The van der Waals surface area contributed by atoms with Crippen LogP contribution in [0.25, 0.3) is 0 Å². The topological polar surface area (TPSA) is 71.8 Å². The second-order valence-corrected chi connectivity index (χ2v) is 3.70. The number of hydrogen-bond donors (Lipinski definition) is 2. The molecule has 5 heteroatoms. The Morgan fingerprint density at radius 3 is 2.88 bits per heavy atom. The Hall–Kier alpha value is -2.01. The summed E-state index contributed by atoms with van der Waals surface area (Å²) >= 11 is 0. The number of halogens is 1. The minimum atomic E-state index is -0.302. The summed E-state index contributed by atoms with van der Waals surface area (Å²) in [6, 6.07) is 6.19. The number of aromatic nitrogens is 2. The zero-order chi connectivity index (χ0) is 12.3. The SMILES string of the molecule is NCc1cnc(Cc2cccc(F)c2)[nH]c1=O. The van der Waals surface area contributed by atoms with Gasteiger partial charge < -0.3 is 10.7 Å². The standard InChI is InChI=1S/C12H12FN3O/c13-10-3-1-2-8(4-10)5-11-15-7-9(6-14)12(17)16-11/h1-4,7H,5-6,14H2,(H,15,16,17). The molecule has 0 bridgehead atoms. The third-order valence-electron chi connectivity index (χ3n) is 2.41. The number of nitrogens with zero attached hydrogens (tertiary/aromatic N) is 1. The average molecular weight is 233 g/mol. The third-order valence-corrected chi connectivity index (χ3v) is 2.41. The van der Waals surface area contributed by atoms with Gasteiger partial charge in [0.15, 0.2) is 0 Å². The molecule has 4 nitrogen and oxygen atoms in total. The van der Waals surface area contributed by atoms with Crippen LogP contribution >= 0.6 is 0 Å². The first-order valence-electron chi connectivity index (χ1n) is 5.20. The van der Waals surface area contributed by atoms with E-state index < -0.39 is 0 Å². The Morgan fingerprint density at radius 2 is 2.24 bits per heavy atom. The summed E-state index contributed by atoms with van der Waals surface area (Å²) in [5, 5.41) is 0. The van der Waals surface area contributed by atoms with Crippen molar-refractivity contribution in [2.24, 2.45) is 5.73 Å². The Kier molecular flexibility index (Phi) is 3.30. The van der Waals surface area contributed by atoms with Crippen LogP contribution in [0.2, 0.25) is 0 Å². The van der Waals surface area contributed by atoms with Gasteiger partial charge in [-0.3, -0.25) is 4.79 Å². The van der Waals surface area contributed by atoms with Crippen LogP contribution in [0.15, 0.2) is 35.3 Å². The second-order valence-electron chi connectivity index (χ2n) is 3.70. The molecule has 0 unspecified atom stereocenters. The van der Waals surface area contributed by atoms with Crippen molar-refractivity contribution < 1.29 is 4.39 Å². The van der Waals surface area contributed by atoms with Crippen LogP contribution in [-0.2, 0) is 13.0 Å². The predicted molar refractivity (Wildman–Crippen MR) is 62.0 cm³/mol. The van der Waals surface area contributed by atoms with Gasteiger partial charge in [0.25, 0.3) is 5.56 Å². The summed E-state index contributed by atoms with van der Waals surface area (Å²) in [5.41, 5.74) is 6.32. The van der Waals surface area contributed by atoms with Crippen molar-refractivity contribution in [3.63, 3.8) is 0 Å². The Balaban J connectivity index is 2.25. The zero-order valence-corrected chi connectivity index (χ0v) is 9.11. The van der Waals surface area contributed by atoms with Crippen molar-refractivity contribution in [1.82, 2.24) is 9.97 Å². The van der Waals surface area contributed by atoms with Gasteiger partial charge >= 0.3 is 0 Å². The maximum Gasteiger partial charge on any atom is 0.255 e. The lowest BCUT2D eigenvalue weighted by atomic mass is 10.1. The summed E-state index contributed by atoms with van der Waals surface area (Å²) in [7, 11) is 0. The molecule has 2 aromatic rings. The van der Waals surface area contributed by atoms with E-state index in [1.165, 1.54) is 18.3 Å². The number of rotatable bonds is 3. The molecule has 0 saturated carbocycles. The molecule has 1 aromatic heterocycles. The van der Waals surface area contributed by atoms with Crippen molar-refractivity contribution in [2.75, 3.05) is 0 Å². The van der Waals surface area contributed by atoms with Crippen molar-refractivity contribution in [3.05, 3.63) is 63.6 Å². The number of nitrogens with one attached hydrogen (secondary N) is 1. The molecule has 17 heavy (non-hydrogen) atoms. The number of benzene rings is 1. The quantitative estimate of drug-likeness (QED) is 0.829. The Bertz CT molecular complexity index is 580. The monoisotopic (exact) mass is 233 g/mol. The summed E-state index contributed by atoms with van der Waals surface area (Å²) in [4.78, 5) is 18.2. The largest absolute Gasteiger partial charge is 0.326 e. The van der Waals surface area contributed by atoms with Crippen molar-refractivity contribution in [3.8, 4) is 0 Å². The molecule has 1 aromatic carbocycles. The Morgan fingerprint density at radius 1 is 1.41 bits per heavy atom. The summed E-state index contributed by atoms with van der Waals surface area (Å²) in [6.07, 6.45) is 1.84. The zero-order valence-electron chi connectivity index (χ0n) is 9.11. The van der Waals surface area contributed by atoms with Gasteiger partial charge in [-0.2, -0.15) is 0 Å². The van der Waals surface area contributed by atoms with Crippen molar-refractivity contribution in [1.29, 1.82) is 0 Å². The van der Waals surface area contributed by atoms with E-state index in [0.717, 1.165) is 5.56 Å². The van der Waals surface area contributed by atoms with E-state index >= 15 is 0 Å². The molecule has 1 heterocycles. The van der Waals surface area contributed by atoms with Crippen LogP contribution in [0.5, 0.6) is 0 Å². The molecule has 3 N–H and O–H groups in total. The third kappa shape index (κ3) is 2.76. The highest BCUT2D eigenvalue weighted by atomic mass is 19.1. The van der Waals surface area contributed by atoms with E-state index in [-0.39, 0.29) is 17.9 Å². The van der Waals surface area contributed by atoms with E-state index in [1.807, 2.05) is 0 Å². The first-order chi connectivity index (χ1) is 8.19. The molecule has 0 amide bonds.